The lowest BCUT2D eigenvalue weighted by Gasteiger charge is -2.08. The van der Waals surface area contributed by atoms with Gasteiger partial charge in [0, 0.05) is 4.88 Å². The van der Waals surface area contributed by atoms with Gasteiger partial charge in [-0.15, -0.1) is 11.3 Å². The molecule has 0 atom stereocenters. The van der Waals surface area contributed by atoms with E-state index in [2.05, 4.69) is 5.32 Å². The number of amides is 1. The Balaban J connectivity index is 1.72. The standard InChI is InChI=1S/C17H21NO5S/c1-22-17(21)14-11-5-3-2-4-6-12(11)24-15(14)18-13(19)9-23-16(20)10-7-8-10/h10H,2-9H2,1H3,(H,18,19). The molecule has 0 saturated heterocycles. The lowest BCUT2D eigenvalue weighted by atomic mass is 10.1. The van der Waals surface area contributed by atoms with Crippen LogP contribution in [0.1, 0.15) is 52.9 Å². The van der Waals surface area contributed by atoms with Gasteiger partial charge in [0.25, 0.3) is 5.91 Å². The molecule has 130 valence electrons. The number of hydrogen-bond donors (Lipinski definition) is 1. The zero-order chi connectivity index (χ0) is 17.1. The number of aryl methyl sites for hydroxylation is 1. The molecule has 0 radical (unpaired) electrons. The van der Waals surface area contributed by atoms with E-state index in [1.807, 2.05) is 0 Å². The van der Waals surface area contributed by atoms with Crippen LogP contribution in [0.25, 0.3) is 0 Å². The molecule has 0 bridgehead atoms. The Hall–Kier alpha value is -1.89. The van der Waals surface area contributed by atoms with Crippen LogP contribution >= 0.6 is 11.3 Å². The predicted molar refractivity (Wildman–Crippen MR) is 89.2 cm³/mol. The molecule has 3 rings (SSSR count). The van der Waals surface area contributed by atoms with Gasteiger partial charge >= 0.3 is 11.9 Å². The molecule has 1 heterocycles. The van der Waals surface area contributed by atoms with Crippen molar-refractivity contribution in [1.82, 2.24) is 0 Å². The lowest BCUT2D eigenvalue weighted by Crippen LogP contribution is -2.22. The number of esters is 2. The average Bonchev–Trinajstić information content (AvgIpc) is 3.38. The summed E-state index contributed by atoms with van der Waals surface area (Å²) in [6, 6.07) is 0. The van der Waals surface area contributed by atoms with Crippen LogP contribution < -0.4 is 5.32 Å². The molecule has 1 saturated carbocycles. The van der Waals surface area contributed by atoms with E-state index in [1.54, 1.807) is 0 Å². The SMILES string of the molecule is COC(=O)c1c(NC(=O)COC(=O)C2CC2)sc2c1CCCCC2. The van der Waals surface area contributed by atoms with Gasteiger partial charge in [-0.3, -0.25) is 9.59 Å². The minimum atomic E-state index is -0.431. The molecular formula is C17H21NO5S. The Morgan fingerprint density at radius 2 is 1.92 bits per heavy atom. The number of carbonyl (C=O) groups is 3. The van der Waals surface area contributed by atoms with Gasteiger partial charge in [0.15, 0.2) is 6.61 Å². The minimum Gasteiger partial charge on any atom is -0.465 e. The van der Waals surface area contributed by atoms with E-state index in [0.29, 0.717) is 10.6 Å². The quantitative estimate of drug-likeness (QED) is 0.651. The maximum absolute atomic E-state index is 12.2. The first-order chi connectivity index (χ1) is 11.6. The van der Waals surface area contributed by atoms with Crippen molar-refractivity contribution in [2.24, 2.45) is 5.92 Å². The molecule has 24 heavy (non-hydrogen) atoms. The number of hydrogen-bond acceptors (Lipinski definition) is 6. The Kier molecular flexibility index (Phi) is 5.18. The van der Waals surface area contributed by atoms with Gasteiger partial charge < -0.3 is 14.8 Å². The topological polar surface area (TPSA) is 81.7 Å². The summed E-state index contributed by atoms with van der Waals surface area (Å²) in [4.78, 5) is 36.9. The van der Waals surface area contributed by atoms with E-state index in [9.17, 15) is 14.4 Å². The van der Waals surface area contributed by atoms with Gasteiger partial charge in [-0.1, -0.05) is 6.42 Å². The largest absolute Gasteiger partial charge is 0.465 e. The number of anilines is 1. The number of rotatable bonds is 5. The Morgan fingerprint density at radius 1 is 1.17 bits per heavy atom. The molecular weight excluding hydrogens is 330 g/mol. The van der Waals surface area contributed by atoms with Gasteiger partial charge in [-0.05, 0) is 44.1 Å². The Bertz CT molecular complexity index is 662. The first-order valence-electron chi connectivity index (χ1n) is 8.29. The van der Waals surface area contributed by atoms with Crippen LogP contribution in [0.15, 0.2) is 0 Å². The normalized spacial score (nSPS) is 16.7. The molecule has 6 nitrogen and oxygen atoms in total. The van der Waals surface area contributed by atoms with E-state index in [0.717, 1.165) is 55.4 Å². The smallest absolute Gasteiger partial charge is 0.341 e. The van der Waals surface area contributed by atoms with Crippen molar-refractivity contribution >= 4 is 34.2 Å². The highest BCUT2D eigenvalue weighted by molar-refractivity contribution is 7.17. The van der Waals surface area contributed by atoms with Crippen molar-refractivity contribution in [3.8, 4) is 0 Å². The number of carbonyl (C=O) groups excluding carboxylic acids is 3. The van der Waals surface area contributed by atoms with Gasteiger partial charge in [0.05, 0.1) is 18.6 Å². The van der Waals surface area contributed by atoms with Crippen molar-refractivity contribution in [1.29, 1.82) is 0 Å². The summed E-state index contributed by atoms with van der Waals surface area (Å²) in [5.41, 5.74) is 1.45. The second-order valence-electron chi connectivity index (χ2n) is 6.19. The molecule has 0 aromatic carbocycles. The van der Waals surface area contributed by atoms with Crippen LogP contribution in [0.4, 0.5) is 5.00 Å². The molecule has 0 unspecified atom stereocenters. The highest BCUT2D eigenvalue weighted by atomic mass is 32.1. The molecule has 7 heteroatoms. The monoisotopic (exact) mass is 351 g/mol. The van der Waals surface area contributed by atoms with Gasteiger partial charge in [-0.2, -0.15) is 0 Å². The average molecular weight is 351 g/mol. The number of thiophene rings is 1. The van der Waals surface area contributed by atoms with E-state index >= 15 is 0 Å². The zero-order valence-electron chi connectivity index (χ0n) is 13.7. The van der Waals surface area contributed by atoms with Crippen molar-refractivity contribution < 1.29 is 23.9 Å². The number of ether oxygens (including phenoxy) is 2. The summed E-state index contributed by atoms with van der Waals surface area (Å²) >= 11 is 1.43. The molecule has 1 fully saturated rings. The van der Waals surface area contributed by atoms with Gasteiger partial charge in [-0.25, -0.2) is 4.79 Å². The van der Waals surface area contributed by atoms with E-state index in [1.165, 1.54) is 18.4 Å². The Labute approximate surface area is 144 Å². The van der Waals surface area contributed by atoms with E-state index in [-0.39, 0.29) is 18.5 Å². The fourth-order valence-corrected chi connectivity index (χ4v) is 4.18. The highest BCUT2D eigenvalue weighted by Crippen LogP contribution is 2.38. The molecule has 0 spiro atoms. The van der Waals surface area contributed by atoms with Crippen LogP contribution in [0.2, 0.25) is 0 Å². The minimum absolute atomic E-state index is 0.0405. The third-order valence-electron chi connectivity index (χ3n) is 4.32. The molecule has 1 aromatic rings. The lowest BCUT2D eigenvalue weighted by molar-refractivity contribution is -0.148. The summed E-state index contributed by atoms with van der Waals surface area (Å²) in [6.45, 7) is -0.321. The van der Waals surface area contributed by atoms with E-state index < -0.39 is 11.9 Å². The van der Waals surface area contributed by atoms with Gasteiger partial charge in [0.1, 0.15) is 5.00 Å². The van der Waals surface area contributed by atoms with Crippen molar-refractivity contribution in [2.75, 3.05) is 19.0 Å². The number of fused-ring (bicyclic) bond motifs is 1. The molecule has 1 N–H and O–H groups in total. The first-order valence-corrected chi connectivity index (χ1v) is 9.11. The molecule has 2 aliphatic carbocycles. The highest BCUT2D eigenvalue weighted by Gasteiger charge is 2.32. The van der Waals surface area contributed by atoms with Crippen molar-refractivity contribution in [2.45, 2.75) is 44.9 Å². The predicted octanol–water partition coefficient (Wildman–Crippen LogP) is 2.70. The summed E-state index contributed by atoms with van der Waals surface area (Å²) in [7, 11) is 1.34. The van der Waals surface area contributed by atoms with Gasteiger partial charge in [0.2, 0.25) is 0 Å². The van der Waals surface area contributed by atoms with Crippen LogP contribution in [0, 0.1) is 5.92 Å². The van der Waals surface area contributed by atoms with Crippen LogP contribution in [-0.2, 0) is 31.9 Å². The first kappa shape index (κ1) is 17.0. The van der Waals surface area contributed by atoms with Crippen LogP contribution in [0.3, 0.4) is 0 Å². The fourth-order valence-electron chi connectivity index (χ4n) is 2.88. The third-order valence-corrected chi connectivity index (χ3v) is 5.53. The molecule has 1 aromatic heterocycles. The fraction of sp³-hybridized carbons (Fsp3) is 0.588. The molecule has 1 amide bonds. The second-order valence-corrected chi connectivity index (χ2v) is 7.30. The van der Waals surface area contributed by atoms with E-state index in [4.69, 9.17) is 9.47 Å². The summed E-state index contributed by atoms with van der Waals surface area (Å²) < 4.78 is 9.88. The summed E-state index contributed by atoms with van der Waals surface area (Å²) in [5, 5.41) is 3.22. The van der Waals surface area contributed by atoms with Crippen LogP contribution in [-0.4, -0.2) is 31.6 Å². The van der Waals surface area contributed by atoms with Crippen molar-refractivity contribution in [3.05, 3.63) is 16.0 Å². The van der Waals surface area contributed by atoms with Crippen molar-refractivity contribution in [3.63, 3.8) is 0 Å². The maximum Gasteiger partial charge on any atom is 0.341 e. The van der Waals surface area contributed by atoms with Crippen LogP contribution in [0.5, 0.6) is 0 Å². The Morgan fingerprint density at radius 3 is 2.62 bits per heavy atom. The molecule has 0 aliphatic heterocycles. The third kappa shape index (κ3) is 3.77. The number of nitrogens with one attached hydrogen (secondary N) is 1. The summed E-state index contributed by atoms with van der Waals surface area (Å²) in [5.74, 6) is -1.22. The number of methoxy groups -OCH3 is 1. The molecule has 2 aliphatic rings. The zero-order valence-corrected chi connectivity index (χ0v) is 14.5. The summed E-state index contributed by atoms with van der Waals surface area (Å²) in [6.07, 6.45) is 6.66. The maximum atomic E-state index is 12.2. The second kappa shape index (κ2) is 7.34.